The predicted octanol–water partition coefficient (Wildman–Crippen LogP) is 2.34. The topological polar surface area (TPSA) is 73.2 Å². The van der Waals surface area contributed by atoms with E-state index in [0.717, 1.165) is 0 Å². The summed E-state index contributed by atoms with van der Waals surface area (Å²) >= 11 is 0. The lowest BCUT2D eigenvalue weighted by atomic mass is 10.1. The van der Waals surface area contributed by atoms with E-state index in [0.29, 0.717) is 36.3 Å². The van der Waals surface area contributed by atoms with Gasteiger partial charge in [0.2, 0.25) is 10.0 Å². The summed E-state index contributed by atoms with van der Waals surface area (Å²) < 4.78 is 41.2. The van der Waals surface area contributed by atoms with Gasteiger partial charge in [0.25, 0.3) is 0 Å². The molecule has 3 rings (SSSR count). The van der Waals surface area contributed by atoms with Gasteiger partial charge in [-0.15, -0.1) is 0 Å². The maximum atomic E-state index is 13.6. The van der Waals surface area contributed by atoms with E-state index in [1.165, 1.54) is 34.6 Å². The molecule has 0 aliphatic carbocycles. The monoisotopic (exact) mass is 359 g/mol. The van der Waals surface area contributed by atoms with Crippen LogP contribution < -0.4 is 5.32 Å². The van der Waals surface area contributed by atoms with Crippen LogP contribution in [0.2, 0.25) is 0 Å². The minimum absolute atomic E-state index is 0.146. The largest absolute Gasteiger partial charge is 0.313 e. The lowest BCUT2D eigenvalue weighted by Crippen LogP contribution is -2.48. The molecule has 0 aromatic heterocycles. The molecular formula is C18H18FN3O2S. The molecule has 1 heterocycles. The standard InChI is InChI=1S/C18H18FN3O2S/c1-13-9-17(6-5-15(13)11-20)25(23,24)22-8-7-21-12-18(22)14-3-2-4-16(19)10-14/h2-6,9-10,18,21H,7-8,12H2,1H3. The molecule has 1 N–H and O–H groups in total. The number of nitrogens with zero attached hydrogens (tertiary/aromatic N) is 2. The molecule has 1 unspecified atom stereocenters. The Bertz CT molecular complexity index is 938. The van der Waals surface area contributed by atoms with Gasteiger partial charge < -0.3 is 5.32 Å². The van der Waals surface area contributed by atoms with E-state index in [2.05, 4.69) is 5.32 Å². The predicted molar refractivity (Wildman–Crippen MR) is 91.8 cm³/mol. The third-order valence-electron chi connectivity index (χ3n) is 4.35. The number of rotatable bonds is 3. The normalized spacial score (nSPS) is 18.7. The summed E-state index contributed by atoms with van der Waals surface area (Å²) in [7, 11) is -3.76. The molecule has 1 aliphatic heterocycles. The Morgan fingerprint density at radius 3 is 2.76 bits per heavy atom. The number of nitrogens with one attached hydrogen (secondary N) is 1. The van der Waals surface area contributed by atoms with Crippen LogP contribution in [0, 0.1) is 24.1 Å². The van der Waals surface area contributed by atoms with Gasteiger partial charge in [-0.25, -0.2) is 12.8 Å². The van der Waals surface area contributed by atoms with E-state index >= 15 is 0 Å². The lowest BCUT2D eigenvalue weighted by molar-refractivity contribution is 0.271. The Balaban J connectivity index is 2.02. The zero-order valence-corrected chi connectivity index (χ0v) is 14.6. The van der Waals surface area contributed by atoms with Crippen LogP contribution in [-0.4, -0.2) is 32.4 Å². The molecular weight excluding hydrogens is 341 g/mol. The minimum Gasteiger partial charge on any atom is -0.313 e. The highest BCUT2D eigenvalue weighted by atomic mass is 32.2. The first-order valence-electron chi connectivity index (χ1n) is 7.92. The second kappa shape index (κ2) is 6.92. The van der Waals surface area contributed by atoms with E-state index in [-0.39, 0.29) is 4.90 Å². The van der Waals surface area contributed by atoms with Gasteiger partial charge in [0.05, 0.1) is 22.6 Å². The van der Waals surface area contributed by atoms with E-state index in [1.54, 1.807) is 19.1 Å². The van der Waals surface area contributed by atoms with Crippen LogP contribution in [-0.2, 0) is 10.0 Å². The fourth-order valence-corrected chi connectivity index (χ4v) is 4.73. The molecule has 0 bridgehead atoms. The highest BCUT2D eigenvalue weighted by Crippen LogP contribution is 2.30. The van der Waals surface area contributed by atoms with E-state index in [4.69, 9.17) is 5.26 Å². The second-order valence-corrected chi connectivity index (χ2v) is 7.87. The SMILES string of the molecule is Cc1cc(S(=O)(=O)N2CCNCC2c2cccc(F)c2)ccc1C#N. The molecule has 25 heavy (non-hydrogen) atoms. The van der Waals surface area contributed by atoms with Crippen molar-refractivity contribution >= 4 is 10.0 Å². The van der Waals surface area contributed by atoms with Crippen molar-refractivity contribution in [3.8, 4) is 6.07 Å². The molecule has 1 atom stereocenters. The molecule has 0 radical (unpaired) electrons. The highest BCUT2D eigenvalue weighted by Gasteiger charge is 2.34. The van der Waals surface area contributed by atoms with Gasteiger partial charge >= 0.3 is 0 Å². The fourth-order valence-electron chi connectivity index (χ4n) is 3.03. The maximum Gasteiger partial charge on any atom is 0.243 e. The molecule has 7 heteroatoms. The van der Waals surface area contributed by atoms with Crippen LogP contribution >= 0.6 is 0 Å². The first kappa shape index (κ1) is 17.5. The number of hydrogen-bond acceptors (Lipinski definition) is 4. The Labute approximate surface area is 146 Å². The molecule has 0 saturated carbocycles. The maximum absolute atomic E-state index is 13.6. The second-order valence-electron chi connectivity index (χ2n) is 5.98. The molecule has 2 aromatic carbocycles. The summed E-state index contributed by atoms with van der Waals surface area (Å²) in [5.41, 5.74) is 1.67. The van der Waals surface area contributed by atoms with Crippen LogP contribution in [0.4, 0.5) is 4.39 Å². The Hall–Kier alpha value is -2.27. The Morgan fingerprint density at radius 1 is 1.28 bits per heavy atom. The van der Waals surface area contributed by atoms with Gasteiger partial charge in [-0.3, -0.25) is 0 Å². The summed E-state index contributed by atoms with van der Waals surface area (Å²) in [6, 6.07) is 12.0. The van der Waals surface area contributed by atoms with Gasteiger partial charge in [0, 0.05) is 19.6 Å². The number of hydrogen-bond donors (Lipinski definition) is 1. The number of aryl methyl sites for hydroxylation is 1. The average molecular weight is 359 g/mol. The van der Waals surface area contributed by atoms with Crippen molar-refractivity contribution in [1.82, 2.24) is 9.62 Å². The van der Waals surface area contributed by atoms with Gasteiger partial charge in [0.15, 0.2) is 0 Å². The summed E-state index contributed by atoms with van der Waals surface area (Å²) in [6.07, 6.45) is 0. The Kier molecular flexibility index (Phi) is 4.86. The van der Waals surface area contributed by atoms with Crippen molar-refractivity contribution in [2.45, 2.75) is 17.9 Å². The van der Waals surface area contributed by atoms with Crippen molar-refractivity contribution < 1.29 is 12.8 Å². The molecule has 1 saturated heterocycles. The molecule has 0 spiro atoms. The number of benzene rings is 2. The first-order chi connectivity index (χ1) is 11.9. The summed E-state index contributed by atoms with van der Waals surface area (Å²) in [6.45, 7) is 2.94. The summed E-state index contributed by atoms with van der Waals surface area (Å²) in [4.78, 5) is 0.146. The third kappa shape index (κ3) is 3.42. The number of nitriles is 1. The third-order valence-corrected chi connectivity index (χ3v) is 6.26. The summed E-state index contributed by atoms with van der Waals surface area (Å²) in [5, 5.41) is 12.2. The average Bonchev–Trinajstić information content (AvgIpc) is 2.61. The molecule has 130 valence electrons. The molecule has 0 amide bonds. The van der Waals surface area contributed by atoms with Gasteiger partial charge in [-0.1, -0.05) is 12.1 Å². The van der Waals surface area contributed by atoms with E-state index < -0.39 is 21.9 Å². The van der Waals surface area contributed by atoms with Crippen molar-refractivity contribution in [2.24, 2.45) is 0 Å². The Morgan fingerprint density at radius 2 is 2.08 bits per heavy atom. The highest BCUT2D eigenvalue weighted by molar-refractivity contribution is 7.89. The number of halogens is 1. The lowest BCUT2D eigenvalue weighted by Gasteiger charge is -2.35. The first-order valence-corrected chi connectivity index (χ1v) is 9.36. The fraction of sp³-hybridized carbons (Fsp3) is 0.278. The van der Waals surface area contributed by atoms with Crippen molar-refractivity contribution in [3.05, 3.63) is 65.0 Å². The van der Waals surface area contributed by atoms with Crippen LogP contribution in [0.1, 0.15) is 22.7 Å². The van der Waals surface area contributed by atoms with Crippen LogP contribution in [0.5, 0.6) is 0 Å². The molecule has 1 aliphatic rings. The van der Waals surface area contributed by atoms with Gasteiger partial charge in [-0.05, 0) is 48.4 Å². The van der Waals surface area contributed by atoms with Crippen molar-refractivity contribution in [3.63, 3.8) is 0 Å². The molecule has 1 fully saturated rings. The zero-order chi connectivity index (χ0) is 18.0. The van der Waals surface area contributed by atoms with Gasteiger partial charge in [-0.2, -0.15) is 9.57 Å². The molecule has 5 nitrogen and oxygen atoms in total. The van der Waals surface area contributed by atoms with E-state index in [9.17, 15) is 12.8 Å². The van der Waals surface area contributed by atoms with Crippen LogP contribution in [0.15, 0.2) is 47.4 Å². The van der Waals surface area contributed by atoms with Crippen molar-refractivity contribution in [1.29, 1.82) is 5.26 Å². The van der Waals surface area contributed by atoms with Crippen LogP contribution in [0.3, 0.4) is 0 Å². The zero-order valence-electron chi connectivity index (χ0n) is 13.7. The minimum atomic E-state index is -3.76. The number of piperazine rings is 1. The summed E-state index contributed by atoms with van der Waals surface area (Å²) in [5.74, 6) is -0.394. The van der Waals surface area contributed by atoms with Gasteiger partial charge in [0.1, 0.15) is 5.82 Å². The molecule has 2 aromatic rings. The smallest absolute Gasteiger partial charge is 0.243 e. The van der Waals surface area contributed by atoms with Crippen LogP contribution in [0.25, 0.3) is 0 Å². The number of sulfonamides is 1. The quantitative estimate of drug-likeness (QED) is 0.913. The van der Waals surface area contributed by atoms with Crippen molar-refractivity contribution in [2.75, 3.05) is 19.6 Å². The van der Waals surface area contributed by atoms with E-state index in [1.807, 2.05) is 6.07 Å².